The first kappa shape index (κ1) is 36.1. The number of aryl methyl sites for hydroxylation is 1. The average molecular weight is 719 g/mol. The van der Waals surface area contributed by atoms with Crippen LogP contribution in [0.4, 0.5) is 5.69 Å². The van der Waals surface area contributed by atoms with Crippen molar-refractivity contribution in [2.45, 2.75) is 76.3 Å². The van der Waals surface area contributed by atoms with E-state index in [9.17, 15) is 18.0 Å². The normalized spacial score (nSPS) is 27.6. The van der Waals surface area contributed by atoms with Crippen molar-refractivity contribution in [3.05, 3.63) is 106 Å². The highest BCUT2D eigenvalue weighted by Gasteiger charge is 2.48. The maximum absolute atomic E-state index is 13.8. The van der Waals surface area contributed by atoms with Gasteiger partial charge in [-0.3, -0.25) is 9.59 Å². The molecule has 266 valence electrons. The fourth-order valence-electron chi connectivity index (χ4n) is 7.64. The van der Waals surface area contributed by atoms with Crippen LogP contribution in [-0.4, -0.2) is 51.2 Å². The fourth-order valence-corrected chi connectivity index (χ4v) is 9.12. The molecular weight excluding hydrogens is 672 g/mol. The number of nitrogens with zero attached hydrogens (tertiary/aromatic N) is 1. The van der Waals surface area contributed by atoms with Gasteiger partial charge in [-0.05, 0) is 105 Å². The molecule has 0 unspecified atom stereocenters. The van der Waals surface area contributed by atoms with Crippen molar-refractivity contribution in [1.82, 2.24) is 4.72 Å². The van der Waals surface area contributed by atoms with E-state index in [0.717, 1.165) is 48.9 Å². The third-order valence-electron chi connectivity index (χ3n) is 11.1. The summed E-state index contributed by atoms with van der Waals surface area (Å²) >= 11 is 6.37. The zero-order chi connectivity index (χ0) is 35.5. The van der Waals surface area contributed by atoms with Crippen LogP contribution in [0.2, 0.25) is 5.02 Å². The first-order chi connectivity index (χ1) is 24.0. The fraction of sp³-hybridized carbons (Fsp3) is 0.450. The summed E-state index contributed by atoms with van der Waals surface area (Å²) in [6, 6.07) is 20.3. The molecule has 3 aromatic rings. The summed E-state index contributed by atoms with van der Waals surface area (Å²) in [5.41, 5.74) is 2.96. The molecule has 1 amide bonds. The maximum atomic E-state index is 13.8. The number of carbonyl (C=O) groups excluding carboxylic acids is 2. The number of hydrogen-bond acceptors (Lipinski definition) is 7. The van der Waals surface area contributed by atoms with Crippen LogP contribution in [0.1, 0.15) is 84.2 Å². The van der Waals surface area contributed by atoms with Gasteiger partial charge in [0.05, 0.1) is 16.5 Å². The Hall–Kier alpha value is -3.66. The molecular formula is C40H47ClN2O6S. The monoisotopic (exact) mass is 718 g/mol. The number of ether oxygens (including phenoxy) is 2. The number of amides is 1. The van der Waals surface area contributed by atoms with Crippen LogP contribution < -0.4 is 14.4 Å². The molecule has 50 heavy (non-hydrogen) atoms. The van der Waals surface area contributed by atoms with Gasteiger partial charge in [0.2, 0.25) is 10.0 Å². The molecule has 0 spiro atoms. The van der Waals surface area contributed by atoms with Crippen LogP contribution in [0, 0.1) is 17.8 Å². The summed E-state index contributed by atoms with van der Waals surface area (Å²) in [6.45, 7) is 5.17. The van der Waals surface area contributed by atoms with Gasteiger partial charge >= 0.3 is 0 Å². The molecule has 2 aliphatic heterocycles. The second kappa shape index (κ2) is 15.3. The smallest absolute Gasteiger partial charge is 0.264 e. The lowest BCUT2D eigenvalue weighted by atomic mass is 9.62. The van der Waals surface area contributed by atoms with E-state index in [1.165, 1.54) is 0 Å². The molecule has 3 aliphatic rings. The number of carbonyl (C=O) groups is 2. The van der Waals surface area contributed by atoms with E-state index in [0.29, 0.717) is 42.5 Å². The van der Waals surface area contributed by atoms with Crippen molar-refractivity contribution in [3.63, 3.8) is 0 Å². The van der Waals surface area contributed by atoms with Crippen molar-refractivity contribution < 1.29 is 27.5 Å². The molecule has 2 heterocycles. The molecule has 1 N–H and O–H groups in total. The maximum Gasteiger partial charge on any atom is 0.264 e. The second-order valence-corrected chi connectivity index (χ2v) is 16.6. The van der Waals surface area contributed by atoms with Crippen molar-refractivity contribution in [3.8, 4) is 5.75 Å². The van der Waals surface area contributed by atoms with Crippen LogP contribution in [0.5, 0.6) is 5.75 Å². The number of halogens is 1. The first-order valence-corrected chi connectivity index (χ1v) is 19.6. The Labute approximate surface area is 301 Å². The van der Waals surface area contributed by atoms with Crippen molar-refractivity contribution >= 4 is 39.0 Å². The van der Waals surface area contributed by atoms with Gasteiger partial charge in [-0.25, -0.2) is 13.1 Å². The quantitative estimate of drug-likeness (QED) is 0.217. The molecule has 1 saturated carbocycles. The molecule has 2 bridgehead atoms. The molecule has 5 atom stereocenters. The molecule has 0 saturated heterocycles. The third kappa shape index (κ3) is 7.80. The standard InChI is InChI=1S/C40H47ClN2O6S/c1-27-10-9-20-40(48-3,24-37(44)29-11-5-4-6-12-29)35-18-15-32(35)25-43-21-8-7-13-30-22-34(41)17-14-33(30)26-49-38-19-16-31(23-36(38)43)39(45)42-50(46,47)28(27)2/h4-6,9,11-12,14,16-17,19-20,22-23,27-28,32,35H,7-8,10,13,15,18,21,24-26H2,1-3H3,(H,42,45)/b20-9+/t27-,28+,32-,35+,40+/m0/s1. The van der Waals surface area contributed by atoms with E-state index in [1.54, 1.807) is 32.2 Å². The Bertz CT molecular complexity index is 1850. The SMILES string of the molecule is CO[C@@]1(CC(=O)c2ccccc2)/C=C/C[C@H](C)[C@@H](C)S(=O)(=O)NC(=O)c2ccc3c(c2)N(CCCCc2cc(Cl)ccc2CO3)C[C@@H]2CC[C@H]21. The van der Waals surface area contributed by atoms with Crippen LogP contribution >= 0.6 is 11.6 Å². The number of allylic oxidation sites excluding steroid dienone is 1. The number of sulfonamides is 1. The van der Waals surface area contributed by atoms with Gasteiger partial charge in [-0.15, -0.1) is 0 Å². The predicted octanol–water partition coefficient (Wildman–Crippen LogP) is 7.79. The number of nitrogens with one attached hydrogen (secondary N) is 1. The molecule has 8 nitrogen and oxygen atoms in total. The van der Waals surface area contributed by atoms with E-state index in [4.69, 9.17) is 21.1 Å². The number of methoxy groups -OCH3 is 1. The zero-order valence-corrected chi connectivity index (χ0v) is 30.6. The topological polar surface area (TPSA) is 102 Å². The lowest BCUT2D eigenvalue weighted by molar-refractivity contribution is -0.0741. The summed E-state index contributed by atoms with van der Waals surface area (Å²) in [5.74, 6) is -0.121. The lowest BCUT2D eigenvalue weighted by Gasteiger charge is -2.50. The molecule has 1 fully saturated rings. The lowest BCUT2D eigenvalue weighted by Crippen LogP contribution is -2.52. The van der Waals surface area contributed by atoms with E-state index in [1.807, 2.05) is 67.6 Å². The largest absolute Gasteiger partial charge is 0.487 e. The van der Waals surface area contributed by atoms with Crippen LogP contribution in [0.15, 0.2) is 78.9 Å². The minimum Gasteiger partial charge on any atom is -0.487 e. The summed E-state index contributed by atoms with van der Waals surface area (Å²) in [7, 11) is -2.33. The summed E-state index contributed by atoms with van der Waals surface area (Å²) in [5, 5.41) is -0.159. The van der Waals surface area contributed by atoms with Gasteiger partial charge in [-0.2, -0.15) is 0 Å². The number of anilines is 1. The predicted molar refractivity (Wildman–Crippen MR) is 197 cm³/mol. The van der Waals surface area contributed by atoms with Gasteiger partial charge in [0, 0.05) is 42.8 Å². The first-order valence-electron chi connectivity index (χ1n) is 17.7. The highest BCUT2D eigenvalue weighted by Crippen LogP contribution is 2.48. The van der Waals surface area contributed by atoms with Gasteiger partial charge in [0.25, 0.3) is 5.91 Å². The number of hydrogen-bond donors (Lipinski definition) is 1. The van der Waals surface area contributed by atoms with E-state index in [2.05, 4.69) is 9.62 Å². The zero-order valence-electron chi connectivity index (χ0n) is 29.1. The van der Waals surface area contributed by atoms with Gasteiger partial charge in [0.1, 0.15) is 12.4 Å². The van der Waals surface area contributed by atoms with E-state index < -0.39 is 26.8 Å². The van der Waals surface area contributed by atoms with Gasteiger partial charge in [0.15, 0.2) is 5.78 Å². The number of rotatable bonds is 4. The van der Waals surface area contributed by atoms with Crippen LogP contribution in [0.25, 0.3) is 0 Å². The number of benzene rings is 3. The highest BCUT2D eigenvalue weighted by atomic mass is 35.5. The Morgan fingerprint density at radius 2 is 1.84 bits per heavy atom. The summed E-state index contributed by atoms with van der Waals surface area (Å²) in [4.78, 5) is 29.6. The van der Waals surface area contributed by atoms with Crippen molar-refractivity contribution in [2.24, 2.45) is 17.8 Å². The Morgan fingerprint density at radius 1 is 1.04 bits per heavy atom. The third-order valence-corrected chi connectivity index (χ3v) is 13.2. The minimum atomic E-state index is -4.01. The molecule has 0 radical (unpaired) electrons. The average Bonchev–Trinajstić information content (AvgIpc) is 3.12. The molecule has 1 aliphatic carbocycles. The second-order valence-electron chi connectivity index (χ2n) is 14.2. The van der Waals surface area contributed by atoms with E-state index >= 15 is 0 Å². The minimum absolute atomic E-state index is 0.00201. The van der Waals surface area contributed by atoms with Crippen LogP contribution in [-0.2, 0) is 27.8 Å². The molecule has 10 heteroatoms. The summed E-state index contributed by atoms with van der Waals surface area (Å²) in [6.07, 6.45) is 9.11. The van der Waals surface area contributed by atoms with Crippen molar-refractivity contribution in [2.75, 3.05) is 25.1 Å². The number of fused-ring (bicyclic) bond motifs is 3. The number of Topliss-reactive ketones (excluding diaryl/α,β-unsaturated/α-hetero) is 1. The summed E-state index contributed by atoms with van der Waals surface area (Å²) < 4.78 is 42.2. The van der Waals surface area contributed by atoms with Crippen LogP contribution in [0.3, 0.4) is 0 Å². The highest BCUT2D eigenvalue weighted by molar-refractivity contribution is 7.90. The molecule has 0 aromatic heterocycles. The Kier molecular flexibility index (Phi) is 11.1. The Balaban J connectivity index is 1.42. The van der Waals surface area contributed by atoms with Gasteiger partial charge in [-0.1, -0.05) is 67.1 Å². The Morgan fingerprint density at radius 3 is 2.58 bits per heavy atom. The molecule has 6 rings (SSSR count). The number of ketones is 1. The van der Waals surface area contributed by atoms with Gasteiger partial charge < -0.3 is 14.4 Å². The molecule has 3 aromatic carbocycles. The van der Waals surface area contributed by atoms with Crippen molar-refractivity contribution in [1.29, 1.82) is 0 Å². The van der Waals surface area contributed by atoms with E-state index in [-0.39, 0.29) is 35.5 Å².